The first-order chi connectivity index (χ1) is 14.1. The van der Waals surface area contributed by atoms with Crippen LogP contribution in [-0.4, -0.2) is 50.7 Å². The number of aryl methyl sites for hydroxylation is 2. The number of anilines is 1. The summed E-state index contributed by atoms with van der Waals surface area (Å²) in [5.74, 6) is 2.58. The molecule has 1 aliphatic heterocycles. The molecule has 2 fully saturated rings. The number of nitrogens with zero attached hydrogens (tertiary/aromatic N) is 5. The van der Waals surface area contributed by atoms with Gasteiger partial charge in [-0.3, -0.25) is 0 Å². The lowest BCUT2D eigenvalue weighted by atomic mass is 9.78. The van der Waals surface area contributed by atoms with Crippen molar-refractivity contribution in [1.82, 2.24) is 20.3 Å². The number of rotatable bonds is 4. The van der Waals surface area contributed by atoms with E-state index in [1.807, 2.05) is 31.2 Å². The third-order valence-corrected chi connectivity index (χ3v) is 6.69. The number of para-hydroxylation sites is 1. The van der Waals surface area contributed by atoms with Gasteiger partial charge in [0.2, 0.25) is 5.13 Å². The summed E-state index contributed by atoms with van der Waals surface area (Å²) in [6.45, 7) is 5.60. The second kappa shape index (κ2) is 7.38. The monoisotopic (exact) mass is 413 g/mol. The van der Waals surface area contributed by atoms with Gasteiger partial charge in [0, 0.05) is 13.1 Å². The van der Waals surface area contributed by atoms with Crippen molar-refractivity contribution in [2.24, 2.45) is 11.8 Å². The molecule has 2 aliphatic rings. The normalized spacial score (nSPS) is 26.5. The molecule has 8 nitrogen and oxygen atoms in total. The molecule has 9 heteroatoms. The smallest absolute Gasteiger partial charge is 0.261 e. The molecule has 1 N–H and O–H groups in total. The molecule has 2 aromatic heterocycles. The minimum absolute atomic E-state index is 0.266. The van der Waals surface area contributed by atoms with Gasteiger partial charge in [-0.05, 0) is 50.7 Å². The number of aliphatic hydroxyl groups is 1. The average molecular weight is 414 g/mol. The van der Waals surface area contributed by atoms with E-state index in [-0.39, 0.29) is 6.10 Å². The van der Waals surface area contributed by atoms with E-state index in [0.717, 1.165) is 41.6 Å². The van der Waals surface area contributed by atoms with Crippen LogP contribution in [0.25, 0.3) is 11.5 Å². The summed E-state index contributed by atoms with van der Waals surface area (Å²) < 4.78 is 11.6. The number of fused-ring (bicyclic) bond motifs is 1. The second-order valence-corrected chi connectivity index (χ2v) is 9.03. The van der Waals surface area contributed by atoms with Crippen molar-refractivity contribution < 1.29 is 14.4 Å². The Balaban J connectivity index is 1.32. The van der Waals surface area contributed by atoms with Gasteiger partial charge in [-0.25, -0.2) is 0 Å². The van der Waals surface area contributed by atoms with E-state index in [9.17, 15) is 5.11 Å². The summed E-state index contributed by atoms with van der Waals surface area (Å²) in [6, 6.07) is 7.61. The number of hydrogen-bond acceptors (Lipinski definition) is 9. The van der Waals surface area contributed by atoms with Crippen LogP contribution in [0.5, 0.6) is 5.75 Å². The van der Waals surface area contributed by atoms with Crippen LogP contribution in [0.2, 0.25) is 0 Å². The van der Waals surface area contributed by atoms with E-state index in [1.54, 1.807) is 18.3 Å². The summed E-state index contributed by atoms with van der Waals surface area (Å²) >= 11 is 1.62. The van der Waals surface area contributed by atoms with Crippen molar-refractivity contribution in [2.45, 2.75) is 38.9 Å². The second-order valence-electron chi connectivity index (χ2n) is 7.87. The lowest BCUT2D eigenvalue weighted by molar-refractivity contribution is -0.0229. The molecule has 1 saturated heterocycles. The highest BCUT2D eigenvalue weighted by Crippen LogP contribution is 2.41. The van der Waals surface area contributed by atoms with Crippen LogP contribution in [0.4, 0.5) is 5.13 Å². The molecule has 0 unspecified atom stereocenters. The highest BCUT2D eigenvalue weighted by molar-refractivity contribution is 7.15. The lowest BCUT2D eigenvalue weighted by Crippen LogP contribution is -2.42. The summed E-state index contributed by atoms with van der Waals surface area (Å²) in [5.41, 5.74) is 0.750. The molecule has 0 bridgehead atoms. The Morgan fingerprint density at radius 2 is 1.93 bits per heavy atom. The first kappa shape index (κ1) is 18.5. The van der Waals surface area contributed by atoms with Gasteiger partial charge in [0.1, 0.15) is 16.9 Å². The Kier molecular flexibility index (Phi) is 4.71. The number of hydrogen-bond donors (Lipinski definition) is 1. The Morgan fingerprint density at radius 1 is 1.14 bits per heavy atom. The molecule has 29 heavy (non-hydrogen) atoms. The van der Waals surface area contributed by atoms with Crippen molar-refractivity contribution in [2.75, 3.05) is 18.0 Å². The Hall–Kier alpha value is -2.52. The maximum absolute atomic E-state index is 10.8. The Bertz CT molecular complexity index is 1010. The maximum atomic E-state index is 10.8. The van der Waals surface area contributed by atoms with Crippen LogP contribution in [0, 0.1) is 25.7 Å². The predicted octanol–water partition coefficient (Wildman–Crippen LogP) is 2.86. The standard InChI is InChI=1S/C20H23N5O3S/c1-11-21-19(28-24-11)15-5-3-4-6-17(15)27-18-8-14-10-25(9-13(14)7-16(18)26)20-23-22-12(2)29-20/h3-6,13-14,16,18,26H,7-10H2,1-2H3/t13-,14+,16+,18+/m0/s1. The van der Waals surface area contributed by atoms with Gasteiger partial charge in [0.15, 0.2) is 5.82 Å². The van der Waals surface area contributed by atoms with Crippen LogP contribution in [0.15, 0.2) is 28.8 Å². The molecule has 3 aromatic rings. The van der Waals surface area contributed by atoms with Gasteiger partial charge in [-0.15, -0.1) is 10.2 Å². The molecule has 0 spiro atoms. The summed E-state index contributed by atoms with van der Waals surface area (Å²) in [6.07, 6.45) is 0.755. The first-order valence-electron chi connectivity index (χ1n) is 9.86. The zero-order valence-corrected chi connectivity index (χ0v) is 17.2. The van der Waals surface area contributed by atoms with Gasteiger partial charge in [0.05, 0.1) is 11.7 Å². The van der Waals surface area contributed by atoms with Crippen LogP contribution >= 0.6 is 11.3 Å². The van der Waals surface area contributed by atoms with Gasteiger partial charge in [0.25, 0.3) is 5.89 Å². The zero-order chi connectivity index (χ0) is 20.0. The molecule has 1 aliphatic carbocycles. The quantitative estimate of drug-likeness (QED) is 0.697. The molecule has 0 amide bonds. The highest BCUT2D eigenvalue weighted by Gasteiger charge is 2.43. The lowest BCUT2D eigenvalue weighted by Gasteiger charge is -2.35. The molecule has 3 heterocycles. The van der Waals surface area contributed by atoms with Crippen molar-refractivity contribution in [3.05, 3.63) is 35.1 Å². The van der Waals surface area contributed by atoms with Crippen molar-refractivity contribution in [3.8, 4) is 17.2 Å². The molecule has 4 atom stereocenters. The minimum atomic E-state index is -0.509. The number of benzene rings is 1. The summed E-state index contributed by atoms with van der Waals surface area (Å²) in [5, 5.41) is 25.0. The number of aromatic nitrogens is 4. The van der Waals surface area contributed by atoms with Crippen molar-refractivity contribution in [3.63, 3.8) is 0 Å². The first-order valence-corrected chi connectivity index (χ1v) is 10.7. The molecular weight excluding hydrogens is 390 g/mol. The zero-order valence-electron chi connectivity index (χ0n) is 16.4. The van der Waals surface area contributed by atoms with E-state index < -0.39 is 6.10 Å². The van der Waals surface area contributed by atoms with Crippen molar-refractivity contribution >= 4 is 16.5 Å². The largest absolute Gasteiger partial charge is 0.487 e. The Morgan fingerprint density at radius 3 is 2.66 bits per heavy atom. The van der Waals surface area contributed by atoms with E-state index >= 15 is 0 Å². The number of aliphatic hydroxyl groups excluding tert-OH is 1. The SMILES string of the molecule is Cc1noc(-c2ccccc2O[C@@H]2C[C@@H]3CN(c4nnc(C)s4)C[C@@H]3C[C@H]2O)n1. The topological polar surface area (TPSA) is 97.4 Å². The predicted molar refractivity (Wildman–Crippen MR) is 108 cm³/mol. The van der Waals surface area contributed by atoms with Crippen LogP contribution in [-0.2, 0) is 0 Å². The third-order valence-electron chi connectivity index (χ3n) is 5.79. The minimum Gasteiger partial charge on any atom is -0.487 e. The average Bonchev–Trinajstić information content (AvgIpc) is 3.42. The Labute approximate surface area is 172 Å². The van der Waals surface area contributed by atoms with Gasteiger partial charge < -0.3 is 19.3 Å². The number of ether oxygens (including phenoxy) is 1. The molecule has 152 valence electrons. The van der Waals surface area contributed by atoms with Gasteiger partial charge >= 0.3 is 0 Å². The highest BCUT2D eigenvalue weighted by atomic mass is 32.1. The van der Waals surface area contributed by atoms with E-state index in [1.165, 1.54) is 0 Å². The van der Waals surface area contributed by atoms with E-state index in [2.05, 4.69) is 25.2 Å². The fourth-order valence-corrected chi connectivity index (χ4v) is 5.11. The summed E-state index contributed by atoms with van der Waals surface area (Å²) in [7, 11) is 0. The van der Waals surface area contributed by atoms with E-state index in [0.29, 0.717) is 29.3 Å². The van der Waals surface area contributed by atoms with Gasteiger partial charge in [-0.2, -0.15) is 4.98 Å². The van der Waals surface area contributed by atoms with Crippen LogP contribution in [0.1, 0.15) is 23.7 Å². The fourth-order valence-electron chi connectivity index (χ4n) is 4.40. The molecule has 1 aromatic carbocycles. The summed E-state index contributed by atoms with van der Waals surface area (Å²) in [4.78, 5) is 6.61. The van der Waals surface area contributed by atoms with Crippen LogP contribution < -0.4 is 9.64 Å². The molecule has 1 saturated carbocycles. The maximum Gasteiger partial charge on any atom is 0.261 e. The fraction of sp³-hybridized carbons (Fsp3) is 0.500. The molecular formula is C20H23N5O3S. The van der Waals surface area contributed by atoms with Crippen LogP contribution in [0.3, 0.4) is 0 Å². The van der Waals surface area contributed by atoms with E-state index in [4.69, 9.17) is 9.26 Å². The molecule has 0 radical (unpaired) electrons. The van der Waals surface area contributed by atoms with Gasteiger partial charge in [-0.1, -0.05) is 28.6 Å². The van der Waals surface area contributed by atoms with Crippen molar-refractivity contribution in [1.29, 1.82) is 0 Å². The third kappa shape index (κ3) is 3.60. The molecule has 5 rings (SSSR count).